The molecule has 5 rings (SSSR count). The highest BCUT2D eigenvalue weighted by molar-refractivity contribution is 5.79. The molecule has 0 spiro atoms. The van der Waals surface area contributed by atoms with Gasteiger partial charge in [0.05, 0.1) is 23.3 Å². The van der Waals surface area contributed by atoms with Crippen molar-refractivity contribution in [3.05, 3.63) is 47.8 Å². The first-order chi connectivity index (χ1) is 17.0. The van der Waals surface area contributed by atoms with Crippen molar-refractivity contribution in [3.8, 4) is 6.01 Å². The van der Waals surface area contributed by atoms with Crippen LogP contribution in [-0.4, -0.2) is 67.7 Å². The van der Waals surface area contributed by atoms with Crippen LogP contribution in [0, 0.1) is 12.8 Å². The first-order valence-corrected chi connectivity index (χ1v) is 12.9. The largest absolute Gasteiger partial charge is 0.462 e. The number of fused-ring (bicyclic) bond motifs is 1. The Morgan fingerprint density at radius 3 is 2.51 bits per heavy atom. The van der Waals surface area contributed by atoms with Crippen LogP contribution in [0.5, 0.6) is 6.01 Å². The van der Waals surface area contributed by atoms with Gasteiger partial charge in [0, 0.05) is 37.8 Å². The molecule has 0 radical (unpaired) electrons. The fourth-order valence-electron chi connectivity index (χ4n) is 5.44. The topological polar surface area (TPSA) is 76.4 Å². The van der Waals surface area contributed by atoms with Crippen molar-refractivity contribution in [1.29, 1.82) is 0 Å². The summed E-state index contributed by atoms with van der Waals surface area (Å²) in [5.41, 5.74) is 4.47. The van der Waals surface area contributed by atoms with Gasteiger partial charge >= 0.3 is 0 Å². The quantitative estimate of drug-likeness (QED) is 0.535. The summed E-state index contributed by atoms with van der Waals surface area (Å²) in [6, 6.07) is 9.40. The van der Waals surface area contributed by atoms with Crippen LogP contribution in [-0.2, 0) is 11.3 Å². The minimum atomic E-state index is 0.0639. The molecule has 0 unspecified atom stereocenters. The Morgan fingerprint density at radius 2 is 1.83 bits per heavy atom. The van der Waals surface area contributed by atoms with E-state index in [0.29, 0.717) is 11.9 Å². The van der Waals surface area contributed by atoms with E-state index >= 15 is 0 Å². The van der Waals surface area contributed by atoms with Gasteiger partial charge in [-0.25, -0.2) is 0 Å². The van der Waals surface area contributed by atoms with E-state index < -0.39 is 0 Å². The van der Waals surface area contributed by atoms with Crippen LogP contribution >= 0.6 is 0 Å². The van der Waals surface area contributed by atoms with E-state index in [1.807, 2.05) is 26.1 Å². The summed E-state index contributed by atoms with van der Waals surface area (Å²) >= 11 is 0. The molecule has 2 saturated heterocycles. The van der Waals surface area contributed by atoms with E-state index in [-0.39, 0.29) is 18.1 Å². The van der Waals surface area contributed by atoms with Crippen molar-refractivity contribution in [2.45, 2.75) is 65.1 Å². The van der Waals surface area contributed by atoms with Gasteiger partial charge in [0.2, 0.25) is 5.91 Å². The van der Waals surface area contributed by atoms with Crippen LogP contribution in [0.1, 0.15) is 56.7 Å². The lowest BCUT2D eigenvalue weighted by atomic mass is 9.93. The Labute approximate surface area is 207 Å². The Bertz CT molecular complexity index is 1150. The Morgan fingerprint density at radius 1 is 1.06 bits per heavy atom. The number of rotatable bonds is 6. The molecule has 0 saturated carbocycles. The molecule has 35 heavy (non-hydrogen) atoms. The summed E-state index contributed by atoms with van der Waals surface area (Å²) in [6.07, 6.45) is 7.32. The number of aromatic nitrogens is 4. The van der Waals surface area contributed by atoms with E-state index in [4.69, 9.17) is 9.72 Å². The van der Waals surface area contributed by atoms with E-state index in [0.717, 1.165) is 69.4 Å². The number of aryl methyl sites for hydroxylation is 1. The van der Waals surface area contributed by atoms with Crippen LogP contribution < -0.4 is 4.74 Å². The second-order valence-corrected chi connectivity index (χ2v) is 10.3. The average Bonchev–Trinajstić information content (AvgIpc) is 3.21. The maximum atomic E-state index is 13.3. The summed E-state index contributed by atoms with van der Waals surface area (Å²) in [5, 5.41) is 7.82. The predicted octanol–water partition coefficient (Wildman–Crippen LogP) is 4.00. The predicted molar refractivity (Wildman–Crippen MR) is 135 cm³/mol. The average molecular weight is 477 g/mol. The highest BCUT2D eigenvalue weighted by Crippen LogP contribution is 2.34. The van der Waals surface area contributed by atoms with Gasteiger partial charge in [-0.2, -0.15) is 15.2 Å². The number of benzene rings is 1. The summed E-state index contributed by atoms with van der Waals surface area (Å²) in [5.74, 6) is 0.466. The first kappa shape index (κ1) is 23.7. The molecular formula is C27H36N6O2. The summed E-state index contributed by atoms with van der Waals surface area (Å²) in [6.45, 7) is 10.5. The molecule has 0 bridgehead atoms. The minimum Gasteiger partial charge on any atom is -0.462 e. The van der Waals surface area contributed by atoms with Gasteiger partial charge in [-0.15, -0.1) is 0 Å². The number of carbonyl (C=O) groups is 1. The van der Waals surface area contributed by atoms with E-state index in [2.05, 4.69) is 49.7 Å². The number of carbonyl (C=O) groups excluding carboxylic acids is 1. The molecule has 2 aliphatic rings. The second kappa shape index (κ2) is 10.3. The third-order valence-corrected chi connectivity index (χ3v) is 7.28. The van der Waals surface area contributed by atoms with Crippen molar-refractivity contribution in [3.63, 3.8) is 0 Å². The molecule has 8 nitrogen and oxygen atoms in total. The lowest BCUT2D eigenvalue weighted by Gasteiger charge is -2.38. The van der Waals surface area contributed by atoms with Crippen LogP contribution in [0.25, 0.3) is 11.0 Å². The minimum absolute atomic E-state index is 0.0639. The normalized spacial score (nSPS) is 18.5. The lowest BCUT2D eigenvalue weighted by molar-refractivity contribution is -0.138. The van der Waals surface area contributed by atoms with Crippen molar-refractivity contribution in [2.24, 2.45) is 5.92 Å². The third kappa shape index (κ3) is 5.32. The Hall–Kier alpha value is -3.00. The van der Waals surface area contributed by atoms with Crippen LogP contribution in [0.2, 0.25) is 0 Å². The van der Waals surface area contributed by atoms with Crippen molar-refractivity contribution < 1.29 is 9.53 Å². The standard InChI is InChI=1S/C27H36N6O2/c1-19(2)35-27-30-24-16-20(3)4-5-25(24)33(27)23-9-14-32(15-10-23)26(34)22-7-12-31(13-8-22)18-21-6-11-28-29-17-21/h4-6,11,16-17,19,22-23H,7-10,12-15,18H2,1-3H3. The number of piperidine rings is 2. The second-order valence-electron chi connectivity index (χ2n) is 10.3. The number of nitrogens with zero attached hydrogens (tertiary/aromatic N) is 6. The molecule has 0 aliphatic carbocycles. The summed E-state index contributed by atoms with van der Waals surface area (Å²) in [4.78, 5) is 22.6. The fourth-order valence-corrected chi connectivity index (χ4v) is 5.44. The van der Waals surface area contributed by atoms with Gasteiger partial charge in [0.25, 0.3) is 6.01 Å². The third-order valence-electron chi connectivity index (χ3n) is 7.28. The Kier molecular flexibility index (Phi) is 7.00. The van der Waals surface area contributed by atoms with Crippen LogP contribution in [0.15, 0.2) is 36.7 Å². The molecule has 1 amide bonds. The number of likely N-dealkylation sites (tertiary alicyclic amines) is 2. The smallest absolute Gasteiger partial charge is 0.297 e. The highest BCUT2D eigenvalue weighted by Gasteiger charge is 2.32. The molecule has 2 fully saturated rings. The maximum Gasteiger partial charge on any atom is 0.297 e. The van der Waals surface area contributed by atoms with E-state index in [1.165, 1.54) is 11.1 Å². The summed E-state index contributed by atoms with van der Waals surface area (Å²) in [7, 11) is 0. The van der Waals surface area contributed by atoms with Crippen LogP contribution in [0.4, 0.5) is 0 Å². The van der Waals surface area contributed by atoms with Gasteiger partial charge in [0.15, 0.2) is 0 Å². The van der Waals surface area contributed by atoms with Gasteiger partial charge in [-0.05, 0) is 88.9 Å². The van der Waals surface area contributed by atoms with Crippen molar-refractivity contribution in [1.82, 2.24) is 29.5 Å². The van der Waals surface area contributed by atoms with E-state index in [9.17, 15) is 4.79 Å². The molecule has 8 heteroatoms. The SMILES string of the molecule is Cc1ccc2c(c1)nc(OC(C)C)n2C1CCN(C(=O)C2CCN(Cc3ccnnc3)CC2)CC1. The molecule has 4 heterocycles. The molecule has 2 aromatic heterocycles. The number of ether oxygens (including phenoxy) is 1. The lowest BCUT2D eigenvalue weighted by Crippen LogP contribution is -2.45. The molecular weight excluding hydrogens is 440 g/mol. The number of amides is 1. The zero-order chi connectivity index (χ0) is 24.4. The van der Waals surface area contributed by atoms with Crippen molar-refractivity contribution >= 4 is 16.9 Å². The highest BCUT2D eigenvalue weighted by atomic mass is 16.5. The van der Waals surface area contributed by atoms with Crippen LogP contribution in [0.3, 0.4) is 0 Å². The molecule has 2 aliphatic heterocycles. The molecule has 186 valence electrons. The number of hydrogen-bond acceptors (Lipinski definition) is 6. The van der Waals surface area contributed by atoms with Gasteiger partial charge in [0.1, 0.15) is 0 Å². The summed E-state index contributed by atoms with van der Waals surface area (Å²) < 4.78 is 8.37. The number of imidazole rings is 1. The first-order valence-electron chi connectivity index (χ1n) is 12.9. The van der Waals surface area contributed by atoms with Gasteiger partial charge < -0.3 is 9.64 Å². The monoisotopic (exact) mass is 476 g/mol. The zero-order valence-corrected chi connectivity index (χ0v) is 21.1. The van der Waals surface area contributed by atoms with Gasteiger partial charge in [-0.1, -0.05) is 6.07 Å². The molecule has 0 N–H and O–H groups in total. The maximum absolute atomic E-state index is 13.3. The van der Waals surface area contributed by atoms with Crippen molar-refractivity contribution in [2.75, 3.05) is 26.2 Å². The van der Waals surface area contributed by atoms with E-state index in [1.54, 1.807) is 6.20 Å². The fraction of sp³-hybridized carbons (Fsp3) is 0.556. The molecule has 1 aromatic carbocycles. The zero-order valence-electron chi connectivity index (χ0n) is 21.1. The molecule has 0 atom stereocenters. The Balaban J connectivity index is 1.19. The van der Waals surface area contributed by atoms with Gasteiger partial charge in [-0.3, -0.25) is 14.3 Å². The number of hydrogen-bond donors (Lipinski definition) is 0. The molecule has 3 aromatic rings.